The van der Waals surface area contributed by atoms with Crippen molar-refractivity contribution in [3.05, 3.63) is 62.8 Å². The van der Waals surface area contributed by atoms with Gasteiger partial charge in [0.2, 0.25) is 5.91 Å². The smallest absolute Gasteiger partial charge is 0.241 e. The highest BCUT2D eigenvalue weighted by Crippen LogP contribution is 2.38. The van der Waals surface area contributed by atoms with Gasteiger partial charge in [0.1, 0.15) is 12.4 Å². The predicted octanol–water partition coefficient (Wildman–Crippen LogP) is 4.72. The first kappa shape index (κ1) is 19.3. The third-order valence-corrected chi connectivity index (χ3v) is 4.14. The Hall–Kier alpha value is -2.05. The van der Waals surface area contributed by atoms with Gasteiger partial charge in [0.05, 0.1) is 16.1 Å². The van der Waals surface area contributed by atoms with Crippen molar-refractivity contribution in [3.8, 4) is 11.5 Å². The molecule has 2 N–H and O–H groups in total. The van der Waals surface area contributed by atoms with E-state index in [2.05, 4.69) is 15.9 Å². The summed E-state index contributed by atoms with van der Waals surface area (Å²) in [6.45, 7) is 2.18. The zero-order valence-electron chi connectivity index (χ0n) is 13.4. The molecule has 0 bridgehead atoms. The van der Waals surface area contributed by atoms with Gasteiger partial charge >= 0.3 is 0 Å². The minimum absolute atomic E-state index is 0.0549. The summed E-state index contributed by atoms with van der Waals surface area (Å²) in [6, 6.07) is 7.88. The fraction of sp³-hybridized carbons (Fsp3) is 0.167. The third kappa shape index (κ3) is 5.21. The van der Waals surface area contributed by atoms with Crippen molar-refractivity contribution >= 4 is 39.5 Å². The zero-order valence-corrected chi connectivity index (χ0v) is 15.7. The van der Waals surface area contributed by atoms with Gasteiger partial charge in [-0.15, -0.1) is 0 Å². The van der Waals surface area contributed by atoms with Gasteiger partial charge in [-0.05, 0) is 58.8 Å². The molecule has 0 spiro atoms. The van der Waals surface area contributed by atoms with Gasteiger partial charge in [-0.25, -0.2) is 4.39 Å². The van der Waals surface area contributed by atoms with E-state index in [1.165, 1.54) is 18.2 Å². The second-order valence-electron chi connectivity index (χ2n) is 4.99. The van der Waals surface area contributed by atoms with Gasteiger partial charge in [0.25, 0.3) is 0 Å². The van der Waals surface area contributed by atoms with Crippen LogP contribution in [-0.4, -0.2) is 12.5 Å². The van der Waals surface area contributed by atoms with Crippen LogP contribution in [-0.2, 0) is 11.4 Å². The Kier molecular flexibility index (Phi) is 6.84. The van der Waals surface area contributed by atoms with E-state index in [-0.39, 0.29) is 17.2 Å². The van der Waals surface area contributed by atoms with Crippen LogP contribution in [0, 0.1) is 5.82 Å². The summed E-state index contributed by atoms with van der Waals surface area (Å²) in [4.78, 5) is 10.9. The Morgan fingerprint density at radius 2 is 2.12 bits per heavy atom. The molecule has 0 aliphatic rings. The van der Waals surface area contributed by atoms with Gasteiger partial charge in [-0.2, -0.15) is 0 Å². The number of halogens is 3. The quantitative estimate of drug-likeness (QED) is 0.649. The SMILES string of the molecule is CCOc1cc(/C=C/C(N)=O)cc(Br)c1OCc1c(F)cccc1Cl. The van der Waals surface area contributed by atoms with Gasteiger partial charge in [0.15, 0.2) is 11.5 Å². The maximum absolute atomic E-state index is 13.9. The lowest BCUT2D eigenvalue weighted by molar-refractivity contribution is -0.113. The summed E-state index contributed by atoms with van der Waals surface area (Å²) in [5.74, 6) is -0.128. The lowest BCUT2D eigenvalue weighted by Crippen LogP contribution is -2.05. The predicted molar refractivity (Wildman–Crippen MR) is 99.3 cm³/mol. The van der Waals surface area contributed by atoms with Gasteiger partial charge < -0.3 is 15.2 Å². The molecule has 2 aromatic carbocycles. The molecule has 4 nitrogen and oxygen atoms in total. The molecule has 0 heterocycles. The summed E-state index contributed by atoms with van der Waals surface area (Å²) < 4.78 is 25.8. The molecule has 0 saturated heterocycles. The molecule has 0 aromatic heterocycles. The summed E-state index contributed by atoms with van der Waals surface area (Å²) in [5.41, 5.74) is 6.06. The minimum atomic E-state index is -0.552. The van der Waals surface area contributed by atoms with Crippen LogP contribution in [0.2, 0.25) is 5.02 Å². The molecule has 0 radical (unpaired) electrons. The van der Waals surface area contributed by atoms with E-state index in [0.717, 1.165) is 0 Å². The monoisotopic (exact) mass is 427 g/mol. The van der Waals surface area contributed by atoms with E-state index >= 15 is 0 Å². The van der Waals surface area contributed by atoms with Crippen LogP contribution in [0.4, 0.5) is 4.39 Å². The average Bonchev–Trinajstić information content (AvgIpc) is 2.54. The summed E-state index contributed by atoms with van der Waals surface area (Å²) >= 11 is 9.42. The number of benzene rings is 2. The number of rotatable bonds is 7. The highest BCUT2D eigenvalue weighted by molar-refractivity contribution is 9.10. The fourth-order valence-electron chi connectivity index (χ4n) is 2.08. The largest absolute Gasteiger partial charge is 0.490 e. The highest BCUT2D eigenvalue weighted by atomic mass is 79.9. The Morgan fingerprint density at radius 1 is 1.36 bits per heavy atom. The minimum Gasteiger partial charge on any atom is -0.490 e. The topological polar surface area (TPSA) is 61.5 Å². The molecular weight excluding hydrogens is 413 g/mol. The van der Waals surface area contributed by atoms with Crippen LogP contribution >= 0.6 is 27.5 Å². The fourth-order valence-corrected chi connectivity index (χ4v) is 2.87. The molecule has 0 unspecified atom stereocenters. The maximum atomic E-state index is 13.9. The molecule has 7 heteroatoms. The molecule has 1 amide bonds. The van der Waals surface area contributed by atoms with E-state index < -0.39 is 11.7 Å². The molecule has 2 rings (SSSR count). The Bertz CT molecular complexity index is 791. The van der Waals surface area contributed by atoms with E-state index in [4.69, 9.17) is 26.8 Å². The first-order chi connectivity index (χ1) is 11.9. The molecule has 0 aliphatic heterocycles. The van der Waals surface area contributed by atoms with Crippen molar-refractivity contribution in [1.82, 2.24) is 0 Å². The molecule has 0 atom stereocenters. The van der Waals surface area contributed by atoms with E-state index in [0.29, 0.717) is 28.1 Å². The van der Waals surface area contributed by atoms with Crippen LogP contribution in [0.1, 0.15) is 18.1 Å². The number of hydrogen-bond acceptors (Lipinski definition) is 3. The van der Waals surface area contributed by atoms with Crippen LogP contribution in [0.15, 0.2) is 40.9 Å². The van der Waals surface area contributed by atoms with Gasteiger partial charge in [-0.3, -0.25) is 4.79 Å². The van der Waals surface area contributed by atoms with Crippen molar-refractivity contribution in [2.75, 3.05) is 6.61 Å². The molecule has 25 heavy (non-hydrogen) atoms. The lowest BCUT2D eigenvalue weighted by Gasteiger charge is -2.15. The normalized spacial score (nSPS) is 10.9. The Balaban J connectivity index is 2.31. The van der Waals surface area contributed by atoms with Crippen molar-refractivity contribution in [1.29, 1.82) is 0 Å². The lowest BCUT2D eigenvalue weighted by atomic mass is 10.2. The molecule has 132 valence electrons. The van der Waals surface area contributed by atoms with Crippen molar-refractivity contribution in [3.63, 3.8) is 0 Å². The zero-order chi connectivity index (χ0) is 18.4. The second kappa shape index (κ2) is 8.87. The first-order valence-corrected chi connectivity index (χ1v) is 8.59. The number of carbonyl (C=O) groups excluding carboxylic acids is 1. The van der Waals surface area contributed by atoms with E-state index in [1.807, 2.05) is 6.92 Å². The molecule has 0 aliphatic carbocycles. The van der Waals surface area contributed by atoms with Crippen LogP contribution in [0.3, 0.4) is 0 Å². The summed E-state index contributed by atoms with van der Waals surface area (Å²) in [5, 5.41) is 0.287. The third-order valence-electron chi connectivity index (χ3n) is 3.19. The molecular formula is C18H16BrClFNO3. The van der Waals surface area contributed by atoms with E-state index in [9.17, 15) is 9.18 Å². The van der Waals surface area contributed by atoms with E-state index in [1.54, 1.807) is 24.3 Å². The molecule has 0 fully saturated rings. The first-order valence-electron chi connectivity index (χ1n) is 7.42. The molecule has 2 aromatic rings. The average molecular weight is 429 g/mol. The molecule has 0 saturated carbocycles. The number of nitrogens with two attached hydrogens (primary N) is 1. The highest BCUT2D eigenvalue weighted by Gasteiger charge is 2.14. The maximum Gasteiger partial charge on any atom is 0.241 e. The number of amides is 1. The summed E-state index contributed by atoms with van der Waals surface area (Å²) in [7, 11) is 0. The van der Waals surface area contributed by atoms with Gasteiger partial charge in [0, 0.05) is 11.6 Å². The van der Waals surface area contributed by atoms with Crippen LogP contribution in [0.25, 0.3) is 6.08 Å². The van der Waals surface area contributed by atoms with Crippen LogP contribution in [0.5, 0.6) is 11.5 Å². The van der Waals surface area contributed by atoms with Gasteiger partial charge in [-0.1, -0.05) is 17.7 Å². The number of carbonyl (C=O) groups is 1. The Labute approximate surface area is 158 Å². The Morgan fingerprint density at radius 3 is 2.76 bits per heavy atom. The van der Waals surface area contributed by atoms with Crippen LogP contribution < -0.4 is 15.2 Å². The van der Waals surface area contributed by atoms with Crippen molar-refractivity contribution in [2.45, 2.75) is 13.5 Å². The van der Waals surface area contributed by atoms with Crippen molar-refractivity contribution < 1.29 is 18.7 Å². The number of primary amides is 1. The van der Waals surface area contributed by atoms with Crippen molar-refractivity contribution in [2.24, 2.45) is 5.73 Å². The standard InChI is InChI=1S/C18H16BrClFNO3/c1-2-24-16-9-11(6-7-17(22)23)8-13(19)18(16)25-10-12-14(20)4-3-5-15(12)21/h3-9H,2,10H2,1H3,(H2,22,23)/b7-6+. The number of ether oxygens (including phenoxy) is 2. The number of hydrogen-bond donors (Lipinski definition) is 1. The second-order valence-corrected chi connectivity index (χ2v) is 6.25. The summed E-state index contributed by atoms with van der Waals surface area (Å²) in [6.07, 6.45) is 2.81.